The molecular weight excluding hydrogens is 226 g/mol. The maximum absolute atomic E-state index is 4.30. The van der Waals surface area contributed by atoms with Gasteiger partial charge in [-0.25, -0.2) is 4.98 Å². The first-order valence-corrected chi connectivity index (χ1v) is 5.73. The number of aryl methyl sites for hydroxylation is 2. The van der Waals surface area contributed by atoms with Crippen molar-refractivity contribution in [3.05, 3.63) is 47.9 Å². The molecule has 0 aliphatic rings. The zero-order valence-corrected chi connectivity index (χ0v) is 10.3. The van der Waals surface area contributed by atoms with E-state index in [0.29, 0.717) is 5.78 Å². The Bertz CT molecular complexity index is 701. The normalized spacial score (nSPS) is 10.8. The fourth-order valence-electron chi connectivity index (χ4n) is 1.89. The molecule has 5 nitrogen and oxygen atoms in total. The third-order valence-corrected chi connectivity index (χ3v) is 2.67. The first-order chi connectivity index (χ1) is 8.72. The van der Waals surface area contributed by atoms with E-state index in [2.05, 4.69) is 39.4 Å². The smallest absolute Gasteiger partial charge is 0.254 e. The first-order valence-electron chi connectivity index (χ1n) is 5.73. The SMILES string of the molecule is Cc1cccc(Nc2cc(C)nc3ncnn23)c1. The van der Waals surface area contributed by atoms with Crippen LogP contribution in [0.2, 0.25) is 0 Å². The number of nitrogens with one attached hydrogen (secondary N) is 1. The second-order valence-corrected chi connectivity index (χ2v) is 4.25. The summed E-state index contributed by atoms with van der Waals surface area (Å²) < 4.78 is 1.69. The average Bonchev–Trinajstić information content (AvgIpc) is 2.77. The van der Waals surface area contributed by atoms with E-state index in [1.165, 1.54) is 11.9 Å². The number of rotatable bonds is 2. The molecule has 0 saturated carbocycles. The number of benzene rings is 1. The van der Waals surface area contributed by atoms with Crippen LogP contribution in [0.5, 0.6) is 0 Å². The molecule has 0 atom stereocenters. The lowest BCUT2D eigenvalue weighted by Gasteiger charge is -2.09. The molecule has 0 unspecified atom stereocenters. The molecule has 3 rings (SSSR count). The van der Waals surface area contributed by atoms with E-state index in [1.54, 1.807) is 4.52 Å². The number of nitrogens with zero attached hydrogens (tertiary/aromatic N) is 4. The lowest BCUT2D eigenvalue weighted by atomic mass is 10.2. The molecule has 18 heavy (non-hydrogen) atoms. The van der Waals surface area contributed by atoms with Crippen LogP contribution in [0.25, 0.3) is 5.78 Å². The van der Waals surface area contributed by atoms with Gasteiger partial charge in [0.15, 0.2) is 0 Å². The van der Waals surface area contributed by atoms with Crippen LogP contribution in [0, 0.1) is 13.8 Å². The molecule has 0 saturated heterocycles. The zero-order valence-electron chi connectivity index (χ0n) is 10.3. The van der Waals surface area contributed by atoms with Crippen LogP contribution in [-0.2, 0) is 0 Å². The van der Waals surface area contributed by atoms with Gasteiger partial charge >= 0.3 is 0 Å². The maximum atomic E-state index is 4.30. The van der Waals surface area contributed by atoms with Crippen molar-refractivity contribution in [2.75, 3.05) is 5.32 Å². The summed E-state index contributed by atoms with van der Waals surface area (Å²) in [6.07, 6.45) is 1.50. The third kappa shape index (κ3) is 1.90. The molecule has 90 valence electrons. The van der Waals surface area contributed by atoms with Crippen molar-refractivity contribution in [1.29, 1.82) is 0 Å². The van der Waals surface area contributed by atoms with Gasteiger partial charge in [-0.1, -0.05) is 12.1 Å². The van der Waals surface area contributed by atoms with Crippen LogP contribution in [0.15, 0.2) is 36.7 Å². The summed E-state index contributed by atoms with van der Waals surface area (Å²) >= 11 is 0. The van der Waals surface area contributed by atoms with Crippen molar-refractivity contribution < 1.29 is 0 Å². The molecule has 0 radical (unpaired) electrons. The Hall–Kier alpha value is -2.43. The molecule has 0 aliphatic carbocycles. The summed E-state index contributed by atoms with van der Waals surface area (Å²) in [5.41, 5.74) is 3.14. The van der Waals surface area contributed by atoms with E-state index >= 15 is 0 Å². The predicted molar refractivity (Wildman–Crippen MR) is 70.0 cm³/mol. The molecule has 0 amide bonds. The summed E-state index contributed by atoms with van der Waals surface area (Å²) in [4.78, 5) is 8.40. The van der Waals surface area contributed by atoms with Crippen molar-refractivity contribution in [2.45, 2.75) is 13.8 Å². The van der Waals surface area contributed by atoms with Crippen LogP contribution < -0.4 is 5.32 Å². The Morgan fingerprint density at radius 2 is 2.06 bits per heavy atom. The Morgan fingerprint density at radius 3 is 2.89 bits per heavy atom. The minimum atomic E-state index is 0.602. The Balaban J connectivity index is 2.06. The quantitative estimate of drug-likeness (QED) is 0.746. The molecule has 3 aromatic rings. The zero-order chi connectivity index (χ0) is 12.5. The van der Waals surface area contributed by atoms with Gasteiger partial charge < -0.3 is 5.32 Å². The van der Waals surface area contributed by atoms with Gasteiger partial charge in [0.1, 0.15) is 12.1 Å². The van der Waals surface area contributed by atoms with E-state index in [-0.39, 0.29) is 0 Å². The van der Waals surface area contributed by atoms with Crippen LogP contribution in [-0.4, -0.2) is 19.6 Å². The topological polar surface area (TPSA) is 55.1 Å². The highest BCUT2D eigenvalue weighted by atomic mass is 15.3. The molecular formula is C13H13N5. The average molecular weight is 239 g/mol. The highest BCUT2D eigenvalue weighted by Gasteiger charge is 2.05. The molecule has 2 aromatic heterocycles. The maximum Gasteiger partial charge on any atom is 0.254 e. The van der Waals surface area contributed by atoms with Crippen LogP contribution in [0.4, 0.5) is 11.5 Å². The molecule has 1 N–H and O–H groups in total. The number of aromatic nitrogens is 4. The van der Waals surface area contributed by atoms with E-state index in [0.717, 1.165) is 17.2 Å². The summed E-state index contributed by atoms with van der Waals surface area (Å²) in [5, 5.41) is 7.49. The first kappa shape index (κ1) is 10.7. The van der Waals surface area contributed by atoms with E-state index in [9.17, 15) is 0 Å². The summed E-state index contributed by atoms with van der Waals surface area (Å²) in [7, 11) is 0. The lowest BCUT2D eigenvalue weighted by Crippen LogP contribution is -2.02. The van der Waals surface area contributed by atoms with Gasteiger partial charge in [0, 0.05) is 17.4 Å². The summed E-state index contributed by atoms with van der Waals surface area (Å²) in [6, 6.07) is 10.1. The molecule has 1 aromatic carbocycles. The van der Waals surface area contributed by atoms with Gasteiger partial charge in [-0.3, -0.25) is 0 Å². The molecule has 0 spiro atoms. The summed E-state index contributed by atoms with van der Waals surface area (Å²) in [6.45, 7) is 4.00. The number of hydrogen-bond acceptors (Lipinski definition) is 4. The molecule has 0 aliphatic heterocycles. The van der Waals surface area contributed by atoms with E-state index < -0.39 is 0 Å². The number of hydrogen-bond donors (Lipinski definition) is 1. The second kappa shape index (κ2) is 4.10. The van der Waals surface area contributed by atoms with Crippen LogP contribution in [0.1, 0.15) is 11.3 Å². The molecule has 2 heterocycles. The van der Waals surface area contributed by atoms with Crippen molar-refractivity contribution in [2.24, 2.45) is 0 Å². The lowest BCUT2D eigenvalue weighted by molar-refractivity contribution is 0.937. The van der Waals surface area contributed by atoms with Crippen molar-refractivity contribution in [1.82, 2.24) is 19.6 Å². The minimum Gasteiger partial charge on any atom is -0.340 e. The van der Waals surface area contributed by atoms with Gasteiger partial charge in [-0.15, -0.1) is 0 Å². The van der Waals surface area contributed by atoms with Gasteiger partial charge in [0.05, 0.1) is 0 Å². The Morgan fingerprint density at radius 1 is 1.17 bits per heavy atom. The highest BCUT2D eigenvalue weighted by Crippen LogP contribution is 2.18. The van der Waals surface area contributed by atoms with Crippen molar-refractivity contribution in [3.8, 4) is 0 Å². The molecule has 0 fully saturated rings. The molecule has 5 heteroatoms. The molecule has 0 bridgehead atoms. The number of fused-ring (bicyclic) bond motifs is 1. The minimum absolute atomic E-state index is 0.602. The summed E-state index contributed by atoms with van der Waals surface area (Å²) in [5.74, 6) is 1.46. The van der Waals surface area contributed by atoms with Crippen molar-refractivity contribution in [3.63, 3.8) is 0 Å². The monoisotopic (exact) mass is 239 g/mol. The largest absolute Gasteiger partial charge is 0.340 e. The predicted octanol–water partition coefficient (Wildman–Crippen LogP) is 2.48. The standard InChI is InChI=1S/C13H13N5/c1-9-4-3-5-11(6-9)17-12-7-10(2)16-13-14-8-15-18(12)13/h3-8,17H,1-2H3. The van der Waals surface area contributed by atoms with Gasteiger partial charge in [0.25, 0.3) is 5.78 Å². The van der Waals surface area contributed by atoms with Crippen LogP contribution in [0.3, 0.4) is 0 Å². The number of anilines is 2. The van der Waals surface area contributed by atoms with E-state index in [1.807, 2.05) is 25.1 Å². The Kier molecular flexibility index (Phi) is 2.44. The fourth-order valence-corrected chi connectivity index (χ4v) is 1.89. The van der Waals surface area contributed by atoms with Gasteiger partial charge in [-0.2, -0.15) is 14.6 Å². The fraction of sp³-hybridized carbons (Fsp3) is 0.154. The van der Waals surface area contributed by atoms with E-state index in [4.69, 9.17) is 0 Å². The Labute approximate surface area is 105 Å². The second-order valence-electron chi connectivity index (χ2n) is 4.25. The van der Waals surface area contributed by atoms with Gasteiger partial charge in [0.2, 0.25) is 0 Å². The van der Waals surface area contributed by atoms with Crippen LogP contribution >= 0.6 is 0 Å². The highest BCUT2D eigenvalue weighted by molar-refractivity contribution is 5.59. The van der Waals surface area contributed by atoms with Crippen molar-refractivity contribution >= 4 is 17.3 Å². The third-order valence-electron chi connectivity index (χ3n) is 2.67. The van der Waals surface area contributed by atoms with Gasteiger partial charge in [-0.05, 0) is 31.5 Å².